The average Bonchev–Trinajstić information content (AvgIpc) is 3.22. The van der Waals surface area contributed by atoms with Crippen LogP contribution in [0.15, 0.2) is 22.8 Å². The third-order valence-corrected chi connectivity index (χ3v) is 4.99. The summed E-state index contributed by atoms with van der Waals surface area (Å²) in [7, 11) is 0. The smallest absolute Gasteiger partial charge is 0.220 e. The molecule has 1 aromatic rings. The van der Waals surface area contributed by atoms with E-state index in [1.54, 1.807) is 13.1 Å². The summed E-state index contributed by atoms with van der Waals surface area (Å²) in [5.41, 5.74) is 0. The minimum absolute atomic E-state index is 0.104. The Morgan fingerprint density at radius 1 is 1.48 bits per heavy atom. The number of hydrogen-bond donors (Lipinski definition) is 0. The van der Waals surface area contributed by atoms with Crippen molar-refractivity contribution >= 4 is 5.91 Å². The number of allylic oxidation sites excluding steroid dienone is 1. The summed E-state index contributed by atoms with van der Waals surface area (Å²) in [6.45, 7) is 6.19. The summed E-state index contributed by atoms with van der Waals surface area (Å²) in [4.78, 5) is 20.9. The number of rotatable bonds is 5. The third kappa shape index (κ3) is 3.83. The van der Waals surface area contributed by atoms with Crippen LogP contribution in [0.5, 0.6) is 0 Å². The number of oxazole rings is 1. The monoisotopic (exact) mass is 317 g/mol. The molecule has 1 saturated heterocycles. The summed E-state index contributed by atoms with van der Waals surface area (Å²) in [5, 5.41) is 0. The zero-order chi connectivity index (χ0) is 16.2. The van der Waals surface area contributed by atoms with Gasteiger partial charge in [-0.25, -0.2) is 4.98 Å². The molecule has 2 heterocycles. The van der Waals surface area contributed by atoms with Crippen LogP contribution in [0, 0.1) is 0 Å². The first-order chi connectivity index (χ1) is 11.2. The number of amides is 1. The van der Waals surface area contributed by atoms with Gasteiger partial charge in [-0.2, -0.15) is 0 Å². The van der Waals surface area contributed by atoms with Crippen LogP contribution >= 0.6 is 0 Å². The topological polar surface area (TPSA) is 49.6 Å². The summed E-state index contributed by atoms with van der Waals surface area (Å²) in [5.74, 6) is 1.63. The van der Waals surface area contributed by atoms with Crippen molar-refractivity contribution in [1.82, 2.24) is 14.8 Å². The fourth-order valence-electron chi connectivity index (χ4n) is 3.65. The van der Waals surface area contributed by atoms with Gasteiger partial charge in [0.05, 0.1) is 12.7 Å². The van der Waals surface area contributed by atoms with Gasteiger partial charge < -0.3 is 9.32 Å². The summed E-state index contributed by atoms with van der Waals surface area (Å²) < 4.78 is 5.69. The van der Waals surface area contributed by atoms with Crippen molar-refractivity contribution in [1.29, 1.82) is 0 Å². The van der Waals surface area contributed by atoms with Gasteiger partial charge in [-0.05, 0) is 25.7 Å². The van der Waals surface area contributed by atoms with Crippen molar-refractivity contribution in [2.24, 2.45) is 0 Å². The van der Waals surface area contributed by atoms with E-state index in [-0.39, 0.29) is 11.9 Å². The van der Waals surface area contributed by atoms with Crippen LogP contribution in [-0.4, -0.2) is 45.9 Å². The van der Waals surface area contributed by atoms with Gasteiger partial charge >= 0.3 is 0 Å². The highest BCUT2D eigenvalue weighted by atomic mass is 16.4. The minimum Gasteiger partial charge on any atom is -0.444 e. The second kappa shape index (κ2) is 7.30. The summed E-state index contributed by atoms with van der Waals surface area (Å²) in [6.07, 6.45) is 12.0. The van der Waals surface area contributed by atoms with Gasteiger partial charge in [0.1, 0.15) is 5.76 Å². The average molecular weight is 317 g/mol. The van der Waals surface area contributed by atoms with E-state index in [1.807, 2.05) is 11.8 Å². The molecule has 1 fully saturated rings. The first-order valence-corrected chi connectivity index (χ1v) is 8.79. The lowest BCUT2D eigenvalue weighted by atomic mass is 10.0. The molecule has 0 unspecified atom stereocenters. The Morgan fingerprint density at radius 3 is 3.00 bits per heavy atom. The quantitative estimate of drug-likeness (QED) is 0.784. The number of hydrogen-bond acceptors (Lipinski definition) is 4. The van der Waals surface area contributed by atoms with Crippen LogP contribution in [0.2, 0.25) is 0 Å². The number of aromatic nitrogens is 1. The van der Waals surface area contributed by atoms with E-state index in [9.17, 15) is 4.79 Å². The lowest BCUT2D eigenvalue weighted by Gasteiger charge is -2.30. The molecule has 5 nitrogen and oxygen atoms in total. The number of carbonyl (C=O) groups is 1. The molecular formula is C18H27N3O2. The third-order valence-electron chi connectivity index (χ3n) is 4.99. The lowest BCUT2D eigenvalue weighted by molar-refractivity contribution is -0.132. The van der Waals surface area contributed by atoms with Gasteiger partial charge in [-0.3, -0.25) is 9.69 Å². The Balaban J connectivity index is 1.63. The molecule has 0 N–H and O–H groups in total. The Bertz CT molecular complexity index is 566. The molecule has 0 bridgehead atoms. The second-order valence-electron chi connectivity index (χ2n) is 6.58. The van der Waals surface area contributed by atoms with E-state index in [0.717, 1.165) is 31.7 Å². The molecule has 1 aliphatic heterocycles. The Kier molecular flexibility index (Phi) is 5.16. The van der Waals surface area contributed by atoms with E-state index >= 15 is 0 Å². The molecule has 3 rings (SSSR count). The molecule has 1 amide bonds. The first kappa shape index (κ1) is 16.2. The highest BCUT2D eigenvalue weighted by Gasteiger charge is 2.33. The van der Waals surface area contributed by atoms with Gasteiger partial charge in [0.2, 0.25) is 11.8 Å². The largest absolute Gasteiger partial charge is 0.444 e. The Morgan fingerprint density at radius 2 is 2.35 bits per heavy atom. The van der Waals surface area contributed by atoms with E-state index in [2.05, 4.69) is 22.0 Å². The maximum atomic E-state index is 12.1. The van der Waals surface area contributed by atoms with Crippen LogP contribution in [0.4, 0.5) is 0 Å². The molecule has 2 aliphatic rings. The standard InChI is InChI=1S/C18H27N3O2/c1-3-17-11-19-18(23-17)13-21(14(2)22)16-9-10-20(12-16)15-7-5-4-6-8-15/h5,7,11,15-16H,3-4,6,8-10,12-13H2,1-2H3/t15-,16-/m0/s1. The number of carbonyl (C=O) groups excluding carboxylic acids is 1. The second-order valence-corrected chi connectivity index (χ2v) is 6.58. The van der Waals surface area contributed by atoms with E-state index < -0.39 is 0 Å². The van der Waals surface area contributed by atoms with Crippen LogP contribution in [0.1, 0.15) is 51.2 Å². The van der Waals surface area contributed by atoms with Crippen molar-refractivity contribution in [2.75, 3.05) is 13.1 Å². The van der Waals surface area contributed by atoms with Crippen LogP contribution < -0.4 is 0 Å². The summed E-state index contributed by atoms with van der Waals surface area (Å²) >= 11 is 0. The first-order valence-electron chi connectivity index (χ1n) is 8.79. The van der Waals surface area contributed by atoms with Crippen LogP contribution in [-0.2, 0) is 17.8 Å². The maximum absolute atomic E-state index is 12.1. The molecule has 2 atom stereocenters. The molecule has 5 heteroatoms. The lowest BCUT2D eigenvalue weighted by Crippen LogP contribution is -2.42. The van der Waals surface area contributed by atoms with Crippen molar-refractivity contribution in [3.05, 3.63) is 30.0 Å². The zero-order valence-electron chi connectivity index (χ0n) is 14.2. The Hall–Kier alpha value is -1.62. The molecule has 0 radical (unpaired) electrons. The zero-order valence-corrected chi connectivity index (χ0v) is 14.2. The molecule has 1 aliphatic carbocycles. The number of aryl methyl sites for hydroxylation is 1. The van der Waals surface area contributed by atoms with Crippen LogP contribution in [0.25, 0.3) is 0 Å². The molecule has 0 aromatic carbocycles. The van der Waals surface area contributed by atoms with E-state index in [0.29, 0.717) is 18.5 Å². The Labute approximate surface area is 138 Å². The predicted molar refractivity (Wildman–Crippen MR) is 88.9 cm³/mol. The predicted octanol–water partition coefficient (Wildman–Crippen LogP) is 2.77. The van der Waals surface area contributed by atoms with Crippen molar-refractivity contribution in [2.45, 2.75) is 64.6 Å². The summed E-state index contributed by atoms with van der Waals surface area (Å²) in [6, 6.07) is 0.816. The van der Waals surface area contributed by atoms with Gasteiger partial charge in [0.25, 0.3) is 0 Å². The van der Waals surface area contributed by atoms with Crippen molar-refractivity contribution in [3.8, 4) is 0 Å². The van der Waals surface area contributed by atoms with E-state index in [4.69, 9.17) is 4.42 Å². The van der Waals surface area contributed by atoms with Crippen LogP contribution in [0.3, 0.4) is 0 Å². The molecular weight excluding hydrogens is 290 g/mol. The SMILES string of the molecule is CCc1cnc(CN(C(C)=O)[C@H]2CCN([C@H]3C=CCCC3)C2)o1. The molecule has 0 saturated carbocycles. The number of likely N-dealkylation sites (tertiary alicyclic amines) is 1. The highest BCUT2D eigenvalue weighted by Crippen LogP contribution is 2.24. The van der Waals surface area contributed by atoms with Gasteiger partial charge in [0.15, 0.2) is 0 Å². The van der Waals surface area contributed by atoms with Crippen molar-refractivity contribution in [3.63, 3.8) is 0 Å². The minimum atomic E-state index is 0.104. The van der Waals surface area contributed by atoms with Crippen molar-refractivity contribution < 1.29 is 9.21 Å². The molecule has 1 aromatic heterocycles. The van der Waals surface area contributed by atoms with Gasteiger partial charge in [0, 0.05) is 38.5 Å². The van der Waals surface area contributed by atoms with E-state index in [1.165, 1.54) is 19.3 Å². The molecule has 23 heavy (non-hydrogen) atoms. The van der Waals surface area contributed by atoms with Gasteiger partial charge in [-0.1, -0.05) is 19.1 Å². The van der Waals surface area contributed by atoms with Gasteiger partial charge in [-0.15, -0.1) is 0 Å². The highest BCUT2D eigenvalue weighted by molar-refractivity contribution is 5.73. The maximum Gasteiger partial charge on any atom is 0.220 e. The normalized spacial score (nSPS) is 25.0. The molecule has 126 valence electrons. The number of nitrogens with zero attached hydrogens (tertiary/aromatic N) is 3. The fraction of sp³-hybridized carbons (Fsp3) is 0.667. The fourth-order valence-corrected chi connectivity index (χ4v) is 3.65. The molecule has 0 spiro atoms.